The summed E-state index contributed by atoms with van der Waals surface area (Å²) in [6.45, 7) is 8.94. The minimum absolute atomic E-state index is 0.0784. The highest BCUT2D eigenvalue weighted by Gasteiger charge is 2.74. The fraction of sp³-hybridized carbons (Fsp3) is 0.933. The normalized spacial score (nSPS) is 38.7. The van der Waals surface area contributed by atoms with Gasteiger partial charge in [-0.25, -0.2) is 0 Å². The van der Waals surface area contributed by atoms with Crippen LogP contribution in [0.1, 0.15) is 59.8 Å². The van der Waals surface area contributed by atoms with Crippen molar-refractivity contribution in [3.8, 4) is 0 Å². The maximum absolute atomic E-state index is 11.6. The Labute approximate surface area is 110 Å². The maximum Gasteiger partial charge on any atom is 0.308 e. The van der Waals surface area contributed by atoms with E-state index in [4.69, 9.17) is 4.74 Å². The van der Waals surface area contributed by atoms with E-state index in [1.54, 1.807) is 6.92 Å². The Morgan fingerprint density at radius 1 is 1.33 bits per heavy atom. The van der Waals surface area contributed by atoms with E-state index in [0.29, 0.717) is 6.61 Å². The summed E-state index contributed by atoms with van der Waals surface area (Å²) >= 11 is 0. The molecule has 2 aliphatic carbocycles. The second kappa shape index (κ2) is 4.22. The molecule has 18 heavy (non-hydrogen) atoms. The maximum atomic E-state index is 11.6. The first kappa shape index (κ1) is 13.9. The van der Waals surface area contributed by atoms with Crippen LogP contribution in [0.3, 0.4) is 0 Å². The Kier molecular flexibility index (Phi) is 3.25. The fourth-order valence-corrected chi connectivity index (χ4v) is 4.61. The van der Waals surface area contributed by atoms with Crippen LogP contribution in [0.2, 0.25) is 0 Å². The molecule has 2 saturated carbocycles. The van der Waals surface area contributed by atoms with Crippen molar-refractivity contribution in [2.45, 2.75) is 65.9 Å². The lowest BCUT2D eigenvalue weighted by atomic mass is 9.61. The van der Waals surface area contributed by atoms with E-state index >= 15 is 0 Å². The van der Waals surface area contributed by atoms with Gasteiger partial charge in [0.1, 0.15) is 0 Å². The van der Waals surface area contributed by atoms with Crippen molar-refractivity contribution in [1.82, 2.24) is 0 Å². The van der Waals surface area contributed by atoms with Gasteiger partial charge >= 0.3 is 5.97 Å². The molecule has 0 aromatic heterocycles. The van der Waals surface area contributed by atoms with Gasteiger partial charge in [-0.1, -0.05) is 27.2 Å². The van der Waals surface area contributed by atoms with Gasteiger partial charge in [0, 0.05) is 5.41 Å². The third-order valence-electron chi connectivity index (χ3n) is 5.59. The summed E-state index contributed by atoms with van der Waals surface area (Å²) in [5, 5.41) is 10.6. The minimum atomic E-state index is -0.558. The van der Waals surface area contributed by atoms with Crippen molar-refractivity contribution in [3.63, 3.8) is 0 Å². The van der Waals surface area contributed by atoms with Gasteiger partial charge in [-0.15, -0.1) is 0 Å². The number of aliphatic hydroxyl groups excluding tert-OH is 1. The highest BCUT2D eigenvalue weighted by atomic mass is 16.5. The zero-order valence-corrected chi connectivity index (χ0v) is 12.1. The van der Waals surface area contributed by atoms with E-state index in [2.05, 4.69) is 20.8 Å². The highest BCUT2D eigenvalue weighted by molar-refractivity contribution is 5.70. The Hall–Kier alpha value is -0.570. The summed E-state index contributed by atoms with van der Waals surface area (Å²) in [4.78, 5) is 11.6. The minimum Gasteiger partial charge on any atom is -0.466 e. The number of hydrogen-bond donors (Lipinski definition) is 1. The van der Waals surface area contributed by atoms with E-state index in [1.807, 2.05) is 0 Å². The second-order valence-corrected chi connectivity index (χ2v) is 6.97. The van der Waals surface area contributed by atoms with Crippen molar-refractivity contribution in [2.24, 2.45) is 16.2 Å². The molecule has 0 aromatic rings. The van der Waals surface area contributed by atoms with Crippen molar-refractivity contribution >= 4 is 5.97 Å². The molecule has 1 N–H and O–H groups in total. The quantitative estimate of drug-likeness (QED) is 0.785. The molecule has 0 bridgehead atoms. The van der Waals surface area contributed by atoms with Gasteiger partial charge in [0.25, 0.3) is 0 Å². The molecule has 2 aliphatic rings. The van der Waals surface area contributed by atoms with Crippen molar-refractivity contribution < 1.29 is 14.6 Å². The van der Waals surface area contributed by atoms with Gasteiger partial charge in [-0.3, -0.25) is 4.79 Å². The first-order valence-electron chi connectivity index (χ1n) is 7.13. The fourth-order valence-electron chi connectivity index (χ4n) is 4.61. The zero-order valence-electron chi connectivity index (χ0n) is 12.1. The average Bonchev–Trinajstić information content (AvgIpc) is 2.87. The summed E-state index contributed by atoms with van der Waals surface area (Å²) < 4.78 is 4.97. The van der Waals surface area contributed by atoms with Crippen LogP contribution in [0.4, 0.5) is 0 Å². The predicted octanol–water partition coefficient (Wildman–Crippen LogP) is 2.91. The van der Waals surface area contributed by atoms with E-state index in [-0.39, 0.29) is 28.6 Å². The SMILES string of the molecule is CCOC(=O)CC(O)C12CC1(C)CCCC2(C)C. The molecule has 0 aromatic carbocycles. The summed E-state index contributed by atoms with van der Waals surface area (Å²) in [5.74, 6) is -0.269. The molecule has 3 nitrogen and oxygen atoms in total. The number of ether oxygens (including phenoxy) is 1. The Morgan fingerprint density at radius 2 is 2.00 bits per heavy atom. The number of esters is 1. The highest BCUT2D eigenvalue weighted by Crippen LogP contribution is 2.79. The number of rotatable bonds is 4. The first-order valence-corrected chi connectivity index (χ1v) is 7.13. The van der Waals surface area contributed by atoms with Crippen LogP contribution in [0.5, 0.6) is 0 Å². The van der Waals surface area contributed by atoms with Crippen LogP contribution in [0.25, 0.3) is 0 Å². The van der Waals surface area contributed by atoms with E-state index in [9.17, 15) is 9.90 Å². The first-order chi connectivity index (χ1) is 8.29. The number of hydrogen-bond acceptors (Lipinski definition) is 3. The van der Waals surface area contributed by atoms with Crippen LogP contribution in [0, 0.1) is 16.2 Å². The third-order valence-corrected chi connectivity index (χ3v) is 5.59. The molecule has 3 heteroatoms. The monoisotopic (exact) mass is 254 g/mol. The lowest BCUT2D eigenvalue weighted by Gasteiger charge is -2.45. The third kappa shape index (κ3) is 1.78. The number of fused-ring (bicyclic) bond motifs is 1. The van der Waals surface area contributed by atoms with Crippen LogP contribution in [-0.2, 0) is 9.53 Å². The molecule has 3 atom stereocenters. The molecule has 0 aliphatic heterocycles. The van der Waals surface area contributed by atoms with Gasteiger partial charge in [0.15, 0.2) is 0 Å². The molecular weight excluding hydrogens is 228 g/mol. The summed E-state index contributed by atoms with van der Waals surface area (Å²) in [5.41, 5.74) is 0.261. The van der Waals surface area contributed by atoms with Crippen molar-refractivity contribution in [2.75, 3.05) is 6.61 Å². The number of aliphatic hydroxyl groups is 1. The van der Waals surface area contributed by atoms with Crippen LogP contribution >= 0.6 is 0 Å². The molecule has 2 fully saturated rings. The zero-order chi connectivity index (χ0) is 13.6. The second-order valence-electron chi connectivity index (χ2n) is 6.97. The van der Waals surface area contributed by atoms with E-state index in [1.165, 1.54) is 12.8 Å². The summed E-state index contributed by atoms with van der Waals surface area (Å²) in [7, 11) is 0. The van der Waals surface area contributed by atoms with Crippen LogP contribution in [0.15, 0.2) is 0 Å². The number of carbonyl (C=O) groups excluding carboxylic acids is 1. The van der Waals surface area contributed by atoms with Crippen LogP contribution < -0.4 is 0 Å². The molecular formula is C15H26O3. The molecule has 0 spiro atoms. The smallest absolute Gasteiger partial charge is 0.308 e. The van der Waals surface area contributed by atoms with Crippen LogP contribution in [-0.4, -0.2) is 23.8 Å². The molecule has 0 amide bonds. The molecule has 2 rings (SSSR count). The summed E-state index contributed by atoms with van der Waals surface area (Å²) in [6, 6.07) is 0. The number of carbonyl (C=O) groups is 1. The van der Waals surface area contributed by atoms with E-state index < -0.39 is 6.10 Å². The molecule has 3 unspecified atom stereocenters. The van der Waals surface area contributed by atoms with Gasteiger partial charge in [0.05, 0.1) is 19.1 Å². The Bertz CT molecular complexity index is 350. The molecule has 0 heterocycles. The Balaban J connectivity index is 2.13. The largest absolute Gasteiger partial charge is 0.466 e. The van der Waals surface area contributed by atoms with Gasteiger partial charge in [-0.05, 0) is 37.0 Å². The lowest BCUT2D eigenvalue weighted by Crippen LogP contribution is -2.43. The van der Waals surface area contributed by atoms with Crippen molar-refractivity contribution in [1.29, 1.82) is 0 Å². The summed E-state index contributed by atoms with van der Waals surface area (Å²) in [6.07, 6.45) is 4.19. The Morgan fingerprint density at radius 3 is 2.56 bits per heavy atom. The van der Waals surface area contributed by atoms with E-state index in [0.717, 1.165) is 12.8 Å². The topological polar surface area (TPSA) is 46.5 Å². The standard InChI is InChI=1S/C15H26O3/c1-5-18-12(17)9-11(16)15-10-14(15,4)8-6-7-13(15,2)3/h11,16H,5-10H2,1-4H3. The van der Waals surface area contributed by atoms with Crippen molar-refractivity contribution in [3.05, 3.63) is 0 Å². The average molecular weight is 254 g/mol. The molecule has 0 saturated heterocycles. The molecule has 104 valence electrons. The van der Waals surface area contributed by atoms with Gasteiger partial charge < -0.3 is 9.84 Å². The van der Waals surface area contributed by atoms with Gasteiger partial charge in [-0.2, -0.15) is 0 Å². The predicted molar refractivity (Wildman–Crippen MR) is 70.0 cm³/mol. The molecule has 0 radical (unpaired) electrons. The lowest BCUT2D eigenvalue weighted by molar-refractivity contribution is -0.148. The van der Waals surface area contributed by atoms with Gasteiger partial charge in [0.2, 0.25) is 0 Å².